The molecule has 1 fully saturated rings. The predicted molar refractivity (Wildman–Crippen MR) is 82.8 cm³/mol. The van der Waals surface area contributed by atoms with Crippen molar-refractivity contribution in [3.8, 4) is 0 Å². The molecule has 2 heterocycles. The normalized spacial score (nSPS) is 17.3. The third-order valence-electron chi connectivity index (χ3n) is 4.52. The topological polar surface area (TPSA) is 22.3 Å². The van der Waals surface area contributed by atoms with Crippen LogP contribution in [0, 0.1) is 5.92 Å². The van der Waals surface area contributed by atoms with Crippen LogP contribution in [-0.2, 0) is 0 Å². The maximum absolute atomic E-state index is 3.31. The average molecular weight is 263 g/mol. The predicted octanol–water partition coefficient (Wildman–Crippen LogP) is 3.35. The van der Waals surface area contributed by atoms with Crippen molar-refractivity contribution in [3.05, 3.63) is 18.3 Å². The first-order valence-corrected chi connectivity index (χ1v) is 7.94. The number of hydrogen-bond acceptors (Lipinski definition) is 2. The van der Waals surface area contributed by atoms with E-state index in [4.69, 9.17) is 0 Å². The molecule has 108 valence electrons. The zero-order valence-corrected chi connectivity index (χ0v) is 12.6. The minimum atomic E-state index is 0.946. The van der Waals surface area contributed by atoms with Gasteiger partial charge in [-0.25, -0.2) is 0 Å². The maximum atomic E-state index is 3.31. The van der Waals surface area contributed by atoms with Crippen LogP contribution >= 0.6 is 0 Å². The van der Waals surface area contributed by atoms with E-state index in [0.717, 1.165) is 5.92 Å². The van der Waals surface area contributed by atoms with Crippen LogP contribution in [0.1, 0.15) is 39.5 Å². The minimum absolute atomic E-state index is 0.946. The molecule has 0 bridgehead atoms. The lowest BCUT2D eigenvalue weighted by molar-refractivity contribution is 0.276. The fourth-order valence-corrected chi connectivity index (χ4v) is 3.12. The Bertz CT molecular complexity index is 322. The number of aromatic amines is 1. The van der Waals surface area contributed by atoms with E-state index in [2.05, 4.69) is 40.8 Å². The van der Waals surface area contributed by atoms with Gasteiger partial charge < -0.3 is 14.8 Å². The van der Waals surface area contributed by atoms with Crippen molar-refractivity contribution >= 4 is 5.82 Å². The van der Waals surface area contributed by atoms with Crippen molar-refractivity contribution in [1.82, 2.24) is 9.88 Å². The van der Waals surface area contributed by atoms with Crippen LogP contribution in [0.15, 0.2) is 18.3 Å². The van der Waals surface area contributed by atoms with Crippen molar-refractivity contribution in [3.63, 3.8) is 0 Å². The summed E-state index contributed by atoms with van der Waals surface area (Å²) < 4.78 is 0. The number of H-pyrrole nitrogens is 1. The molecule has 0 spiro atoms. The van der Waals surface area contributed by atoms with E-state index in [1.54, 1.807) is 0 Å². The highest BCUT2D eigenvalue weighted by molar-refractivity contribution is 5.38. The largest absolute Gasteiger partial charge is 0.358 e. The molecule has 1 aromatic rings. The number of nitrogens with one attached hydrogen (secondary N) is 1. The fraction of sp³-hybridized carbons (Fsp3) is 0.750. The van der Waals surface area contributed by atoms with Gasteiger partial charge in [0.15, 0.2) is 0 Å². The quantitative estimate of drug-likeness (QED) is 0.815. The van der Waals surface area contributed by atoms with E-state index in [1.165, 1.54) is 64.2 Å². The third-order valence-corrected chi connectivity index (χ3v) is 4.52. The molecule has 19 heavy (non-hydrogen) atoms. The summed E-state index contributed by atoms with van der Waals surface area (Å²) in [5.41, 5.74) is 0. The molecule has 1 saturated heterocycles. The van der Waals surface area contributed by atoms with Crippen LogP contribution in [-0.4, -0.2) is 42.6 Å². The lowest BCUT2D eigenvalue weighted by Crippen LogP contribution is -2.34. The summed E-state index contributed by atoms with van der Waals surface area (Å²) in [5, 5.41) is 0. The fourth-order valence-electron chi connectivity index (χ4n) is 3.12. The van der Waals surface area contributed by atoms with Gasteiger partial charge in [-0.15, -0.1) is 0 Å². The van der Waals surface area contributed by atoms with Crippen molar-refractivity contribution in [2.24, 2.45) is 5.92 Å². The lowest BCUT2D eigenvalue weighted by atomic mass is 9.92. The molecule has 0 aromatic carbocycles. The molecular weight excluding hydrogens is 234 g/mol. The van der Waals surface area contributed by atoms with Gasteiger partial charge in [-0.1, -0.05) is 13.8 Å². The maximum Gasteiger partial charge on any atom is 0.105 e. The highest BCUT2D eigenvalue weighted by Gasteiger charge is 2.19. The van der Waals surface area contributed by atoms with E-state index in [1.807, 2.05) is 6.20 Å². The summed E-state index contributed by atoms with van der Waals surface area (Å²) in [6, 6.07) is 4.27. The Morgan fingerprint density at radius 3 is 2.58 bits per heavy atom. The first-order valence-electron chi connectivity index (χ1n) is 7.94. The van der Waals surface area contributed by atoms with E-state index < -0.39 is 0 Å². The van der Waals surface area contributed by atoms with Gasteiger partial charge in [-0.05, 0) is 63.4 Å². The van der Waals surface area contributed by atoms with E-state index in [0.29, 0.717) is 0 Å². The second-order valence-corrected chi connectivity index (χ2v) is 5.65. The molecule has 0 amide bonds. The van der Waals surface area contributed by atoms with Crippen LogP contribution in [0.2, 0.25) is 0 Å². The molecular formula is C16H29N3. The molecule has 1 aromatic heterocycles. The molecule has 3 heteroatoms. The SMILES string of the molecule is CCN(CC)CCCC1CCN(c2ccc[nH]2)CC1. The van der Waals surface area contributed by atoms with Crippen molar-refractivity contribution in [2.45, 2.75) is 39.5 Å². The van der Waals surface area contributed by atoms with Gasteiger partial charge in [-0.2, -0.15) is 0 Å². The number of nitrogens with zero attached hydrogens (tertiary/aromatic N) is 2. The van der Waals surface area contributed by atoms with E-state index in [9.17, 15) is 0 Å². The monoisotopic (exact) mass is 263 g/mol. The van der Waals surface area contributed by atoms with Crippen LogP contribution in [0.3, 0.4) is 0 Å². The zero-order valence-electron chi connectivity index (χ0n) is 12.6. The molecule has 0 saturated carbocycles. The van der Waals surface area contributed by atoms with Gasteiger partial charge in [0.2, 0.25) is 0 Å². The zero-order chi connectivity index (χ0) is 13.5. The van der Waals surface area contributed by atoms with E-state index in [-0.39, 0.29) is 0 Å². The molecule has 1 N–H and O–H groups in total. The van der Waals surface area contributed by atoms with Crippen molar-refractivity contribution < 1.29 is 0 Å². The molecule has 1 aliphatic rings. The summed E-state index contributed by atoms with van der Waals surface area (Å²) in [7, 11) is 0. The number of anilines is 1. The first-order chi connectivity index (χ1) is 9.33. The standard InChI is InChI=1S/C16H29N3/c1-3-18(4-2)12-6-7-15-9-13-19(14-10-15)16-8-5-11-17-16/h5,8,11,15,17H,3-4,6-7,9-10,12-14H2,1-2H3. The summed E-state index contributed by atoms with van der Waals surface area (Å²) in [5.74, 6) is 2.24. The van der Waals surface area contributed by atoms with Gasteiger partial charge in [-0.3, -0.25) is 0 Å². The molecule has 0 aliphatic carbocycles. The van der Waals surface area contributed by atoms with Gasteiger partial charge >= 0.3 is 0 Å². The number of rotatable bonds is 7. The van der Waals surface area contributed by atoms with Gasteiger partial charge in [0, 0.05) is 19.3 Å². The number of hydrogen-bond donors (Lipinski definition) is 1. The molecule has 0 atom stereocenters. The van der Waals surface area contributed by atoms with Crippen LogP contribution in [0.25, 0.3) is 0 Å². The third kappa shape index (κ3) is 4.27. The highest BCUT2D eigenvalue weighted by Crippen LogP contribution is 2.25. The molecule has 0 radical (unpaired) electrons. The second kappa shape index (κ2) is 7.59. The summed E-state index contributed by atoms with van der Waals surface area (Å²) >= 11 is 0. The van der Waals surface area contributed by atoms with Gasteiger partial charge in [0.05, 0.1) is 0 Å². The summed E-state index contributed by atoms with van der Waals surface area (Å²) in [6.07, 6.45) is 7.52. The summed E-state index contributed by atoms with van der Waals surface area (Å²) in [4.78, 5) is 8.34. The number of aromatic nitrogens is 1. The molecule has 3 nitrogen and oxygen atoms in total. The Labute approximate surface area is 118 Å². The Morgan fingerprint density at radius 1 is 1.26 bits per heavy atom. The Balaban J connectivity index is 1.64. The summed E-state index contributed by atoms with van der Waals surface area (Å²) in [6.45, 7) is 10.6. The first kappa shape index (κ1) is 14.4. The molecule has 2 rings (SSSR count). The second-order valence-electron chi connectivity index (χ2n) is 5.65. The van der Waals surface area contributed by atoms with Gasteiger partial charge in [0.1, 0.15) is 5.82 Å². The highest BCUT2D eigenvalue weighted by atomic mass is 15.2. The van der Waals surface area contributed by atoms with Crippen LogP contribution in [0.5, 0.6) is 0 Å². The van der Waals surface area contributed by atoms with E-state index >= 15 is 0 Å². The smallest absolute Gasteiger partial charge is 0.105 e. The Morgan fingerprint density at radius 2 is 2.00 bits per heavy atom. The minimum Gasteiger partial charge on any atom is -0.358 e. The Kier molecular flexibility index (Phi) is 5.77. The molecule has 1 aliphatic heterocycles. The molecule has 0 unspecified atom stereocenters. The van der Waals surface area contributed by atoms with Crippen LogP contribution in [0.4, 0.5) is 5.82 Å². The van der Waals surface area contributed by atoms with Gasteiger partial charge in [0.25, 0.3) is 0 Å². The van der Waals surface area contributed by atoms with Crippen molar-refractivity contribution in [2.75, 3.05) is 37.6 Å². The van der Waals surface area contributed by atoms with Crippen LogP contribution < -0.4 is 4.90 Å². The average Bonchev–Trinajstić information content (AvgIpc) is 2.98. The van der Waals surface area contributed by atoms with Crippen molar-refractivity contribution in [1.29, 1.82) is 0 Å². The Hall–Kier alpha value is -0.960. The lowest BCUT2D eigenvalue weighted by Gasteiger charge is -2.33. The number of piperidine rings is 1.